The molecule has 4 nitrogen and oxygen atoms in total. The summed E-state index contributed by atoms with van der Waals surface area (Å²) < 4.78 is 5.31. The molecule has 0 bridgehead atoms. The van der Waals surface area contributed by atoms with Crippen molar-refractivity contribution in [1.29, 1.82) is 0 Å². The second kappa shape index (κ2) is 12.4. The first-order valence-corrected chi connectivity index (χ1v) is 10.2. The maximum Gasteiger partial charge on any atom is 0.318 e. The van der Waals surface area contributed by atoms with Crippen LogP contribution in [0.1, 0.15) is 76.2 Å². The number of hydrogen-bond donors (Lipinski definition) is 2. The molecule has 144 valence electrons. The van der Waals surface area contributed by atoms with Crippen molar-refractivity contribution >= 4 is 12.1 Å². The summed E-state index contributed by atoms with van der Waals surface area (Å²) in [6.07, 6.45) is 17.5. The molecule has 1 fully saturated rings. The molecule has 0 heterocycles. The molecule has 0 atom stereocenters. The fourth-order valence-corrected chi connectivity index (χ4v) is 3.55. The zero-order valence-corrected chi connectivity index (χ0v) is 16.1. The van der Waals surface area contributed by atoms with Crippen LogP contribution in [0.2, 0.25) is 0 Å². The summed E-state index contributed by atoms with van der Waals surface area (Å²) in [5.74, 6) is 0.797. The maximum absolute atomic E-state index is 12.2. The number of ether oxygens (including phenoxy) is 1. The van der Waals surface area contributed by atoms with Gasteiger partial charge in [-0.05, 0) is 25.0 Å². The number of rotatable bonds is 4. The molecule has 2 amide bonds. The third-order valence-corrected chi connectivity index (χ3v) is 5.06. The van der Waals surface area contributed by atoms with Crippen LogP contribution in [-0.4, -0.2) is 19.2 Å². The van der Waals surface area contributed by atoms with E-state index >= 15 is 0 Å². The third-order valence-electron chi connectivity index (χ3n) is 5.06. The molecular weight excluding hydrogens is 324 g/mol. The predicted molar refractivity (Wildman–Crippen MR) is 108 cm³/mol. The van der Waals surface area contributed by atoms with E-state index in [1.54, 1.807) is 13.3 Å². The number of methoxy groups -OCH3 is 1. The minimum atomic E-state index is -0.117. The number of para-hydroxylation sites is 1. The number of urea groups is 1. The molecule has 1 aromatic carbocycles. The topological polar surface area (TPSA) is 50.4 Å². The molecule has 4 heteroatoms. The van der Waals surface area contributed by atoms with E-state index in [2.05, 4.69) is 10.6 Å². The molecule has 26 heavy (non-hydrogen) atoms. The molecule has 0 saturated heterocycles. The Balaban J connectivity index is 1.79. The average molecular weight is 359 g/mol. The van der Waals surface area contributed by atoms with Gasteiger partial charge in [0.25, 0.3) is 0 Å². The summed E-state index contributed by atoms with van der Waals surface area (Å²) in [5.41, 5.74) is 0.946. The Morgan fingerprint density at radius 2 is 1.54 bits per heavy atom. The number of hydrogen-bond acceptors (Lipinski definition) is 2. The van der Waals surface area contributed by atoms with Gasteiger partial charge >= 0.3 is 6.03 Å². The quantitative estimate of drug-likeness (QED) is 0.732. The molecule has 1 aromatic rings. The molecule has 0 aromatic heterocycles. The van der Waals surface area contributed by atoms with Gasteiger partial charge in [0, 0.05) is 17.8 Å². The number of carbonyl (C=O) groups is 1. The number of amides is 2. The van der Waals surface area contributed by atoms with Crippen LogP contribution < -0.4 is 15.4 Å². The number of carbonyl (C=O) groups excluding carboxylic acids is 1. The Morgan fingerprint density at radius 1 is 0.962 bits per heavy atom. The van der Waals surface area contributed by atoms with Gasteiger partial charge in [0.2, 0.25) is 0 Å². The highest BCUT2D eigenvalue weighted by Gasteiger charge is 2.11. The number of nitrogens with one attached hydrogen (secondary N) is 2. The van der Waals surface area contributed by atoms with Gasteiger partial charge in [0.15, 0.2) is 0 Å². The normalized spacial score (nSPS) is 17.9. The van der Waals surface area contributed by atoms with Gasteiger partial charge in [0.1, 0.15) is 5.75 Å². The number of benzene rings is 1. The van der Waals surface area contributed by atoms with Crippen LogP contribution in [0.25, 0.3) is 6.08 Å². The van der Waals surface area contributed by atoms with Gasteiger partial charge < -0.3 is 15.4 Å². The first-order chi connectivity index (χ1) is 12.8. The Labute approximate surface area is 158 Å². The van der Waals surface area contributed by atoms with Gasteiger partial charge in [0.05, 0.1) is 7.11 Å². The van der Waals surface area contributed by atoms with Crippen molar-refractivity contribution in [2.24, 2.45) is 0 Å². The van der Waals surface area contributed by atoms with Gasteiger partial charge in [-0.25, -0.2) is 4.79 Å². The van der Waals surface area contributed by atoms with Crippen LogP contribution in [-0.2, 0) is 0 Å². The molecule has 1 aliphatic rings. The first kappa shape index (κ1) is 20.3. The van der Waals surface area contributed by atoms with E-state index in [1.165, 1.54) is 57.8 Å². The largest absolute Gasteiger partial charge is 0.496 e. The Kier molecular flexibility index (Phi) is 9.70. The summed E-state index contributed by atoms with van der Waals surface area (Å²) >= 11 is 0. The fourth-order valence-electron chi connectivity index (χ4n) is 3.55. The van der Waals surface area contributed by atoms with Gasteiger partial charge in [-0.1, -0.05) is 76.0 Å². The summed E-state index contributed by atoms with van der Waals surface area (Å²) in [5, 5.41) is 5.98. The zero-order chi connectivity index (χ0) is 18.5. The predicted octanol–water partition coefficient (Wildman–Crippen LogP) is 5.64. The molecule has 2 N–H and O–H groups in total. The molecule has 0 unspecified atom stereocenters. The lowest BCUT2D eigenvalue weighted by Gasteiger charge is -2.19. The molecule has 0 spiro atoms. The van der Waals surface area contributed by atoms with Gasteiger partial charge in [-0.3, -0.25) is 0 Å². The smallest absolute Gasteiger partial charge is 0.318 e. The third kappa shape index (κ3) is 7.94. The van der Waals surface area contributed by atoms with Crippen molar-refractivity contribution < 1.29 is 9.53 Å². The van der Waals surface area contributed by atoms with Crippen molar-refractivity contribution in [2.75, 3.05) is 7.11 Å². The average Bonchev–Trinajstić information content (AvgIpc) is 2.64. The highest BCUT2D eigenvalue weighted by Crippen LogP contribution is 2.18. The minimum Gasteiger partial charge on any atom is -0.496 e. The molecule has 1 aliphatic carbocycles. The summed E-state index contributed by atoms with van der Waals surface area (Å²) in [4.78, 5) is 12.2. The fraction of sp³-hybridized carbons (Fsp3) is 0.591. The Morgan fingerprint density at radius 3 is 2.15 bits per heavy atom. The Bertz CT molecular complexity index is 545. The van der Waals surface area contributed by atoms with Crippen LogP contribution in [0.4, 0.5) is 4.79 Å². The van der Waals surface area contributed by atoms with Gasteiger partial charge in [-0.2, -0.15) is 0 Å². The van der Waals surface area contributed by atoms with E-state index in [0.717, 1.165) is 24.2 Å². The summed E-state index contributed by atoms with van der Waals surface area (Å²) in [7, 11) is 1.65. The van der Waals surface area contributed by atoms with Crippen molar-refractivity contribution in [3.05, 3.63) is 36.0 Å². The van der Waals surface area contributed by atoms with E-state index < -0.39 is 0 Å². The SMILES string of the molecule is COc1ccccc1/C=C/NC(=O)NC1CCCCCCCCCCC1. The van der Waals surface area contributed by atoms with E-state index in [1.807, 2.05) is 30.3 Å². The zero-order valence-electron chi connectivity index (χ0n) is 16.1. The van der Waals surface area contributed by atoms with E-state index in [0.29, 0.717) is 0 Å². The highest BCUT2D eigenvalue weighted by molar-refractivity contribution is 5.76. The maximum atomic E-state index is 12.2. The van der Waals surface area contributed by atoms with E-state index in [9.17, 15) is 4.79 Å². The second-order valence-electron chi connectivity index (χ2n) is 7.15. The first-order valence-electron chi connectivity index (χ1n) is 10.2. The van der Waals surface area contributed by atoms with E-state index in [4.69, 9.17) is 4.74 Å². The van der Waals surface area contributed by atoms with Crippen molar-refractivity contribution in [3.63, 3.8) is 0 Å². The van der Waals surface area contributed by atoms with Crippen molar-refractivity contribution in [3.8, 4) is 5.75 Å². The Hall–Kier alpha value is -1.97. The lowest BCUT2D eigenvalue weighted by Crippen LogP contribution is -2.40. The molecule has 1 saturated carbocycles. The summed E-state index contributed by atoms with van der Waals surface area (Å²) in [6, 6.07) is 7.92. The van der Waals surface area contributed by atoms with E-state index in [-0.39, 0.29) is 12.1 Å². The monoisotopic (exact) mass is 358 g/mol. The molecule has 2 rings (SSSR count). The van der Waals surface area contributed by atoms with Crippen molar-refractivity contribution in [1.82, 2.24) is 10.6 Å². The molecule has 0 aliphatic heterocycles. The van der Waals surface area contributed by atoms with Crippen LogP contribution >= 0.6 is 0 Å². The van der Waals surface area contributed by atoms with Crippen LogP contribution in [0.3, 0.4) is 0 Å². The minimum absolute atomic E-state index is 0.117. The summed E-state index contributed by atoms with van der Waals surface area (Å²) in [6.45, 7) is 0. The van der Waals surface area contributed by atoms with Gasteiger partial charge in [-0.15, -0.1) is 0 Å². The van der Waals surface area contributed by atoms with Crippen LogP contribution in [0, 0.1) is 0 Å². The molecule has 0 radical (unpaired) electrons. The van der Waals surface area contributed by atoms with Crippen molar-refractivity contribution in [2.45, 2.75) is 76.7 Å². The molecular formula is C22H34N2O2. The second-order valence-corrected chi connectivity index (χ2v) is 7.15. The van der Waals surface area contributed by atoms with Crippen LogP contribution in [0.15, 0.2) is 30.5 Å². The highest BCUT2D eigenvalue weighted by atomic mass is 16.5. The lowest BCUT2D eigenvalue weighted by atomic mass is 9.98. The van der Waals surface area contributed by atoms with Crippen LogP contribution in [0.5, 0.6) is 5.75 Å². The standard InChI is InChI=1S/C22H34N2O2/c1-26-21-16-12-11-13-19(21)17-18-23-22(25)24-20-14-9-7-5-3-2-4-6-8-10-15-20/h11-13,16-18,20H,2-10,14-15H2,1H3,(H2,23,24,25)/b18-17+. The lowest BCUT2D eigenvalue weighted by molar-refractivity contribution is 0.238.